The molecule has 126 valence electrons. The lowest BCUT2D eigenvalue weighted by Gasteiger charge is -2.21. The number of carbonyl (C=O) groups excluding carboxylic acids is 1. The second-order valence-corrected chi connectivity index (χ2v) is 7.65. The number of benzene rings is 1. The summed E-state index contributed by atoms with van der Waals surface area (Å²) in [5.74, 6) is 0.310. The molecule has 0 atom stereocenters. The van der Waals surface area contributed by atoms with E-state index >= 15 is 0 Å². The number of hydrogen-bond acceptors (Lipinski definition) is 3. The van der Waals surface area contributed by atoms with Gasteiger partial charge in [0.1, 0.15) is 0 Å². The average Bonchev–Trinajstić information content (AvgIpc) is 2.59. The van der Waals surface area contributed by atoms with Crippen LogP contribution in [0.15, 0.2) is 41.8 Å². The summed E-state index contributed by atoms with van der Waals surface area (Å²) in [6.07, 6.45) is 7.51. The predicted molar refractivity (Wildman–Crippen MR) is 90.7 cm³/mol. The van der Waals surface area contributed by atoms with Crippen LogP contribution in [-0.2, 0) is 10.0 Å². The van der Waals surface area contributed by atoms with E-state index in [0.717, 1.165) is 12.8 Å². The van der Waals surface area contributed by atoms with Gasteiger partial charge in [-0.3, -0.25) is 4.79 Å². The summed E-state index contributed by atoms with van der Waals surface area (Å²) < 4.78 is 26.6. The highest BCUT2D eigenvalue weighted by atomic mass is 32.2. The zero-order chi connectivity index (χ0) is 16.7. The highest BCUT2D eigenvalue weighted by Crippen LogP contribution is 2.22. The van der Waals surface area contributed by atoms with Crippen LogP contribution < -0.4 is 10.0 Å². The Labute approximate surface area is 138 Å². The van der Waals surface area contributed by atoms with Gasteiger partial charge in [-0.25, -0.2) is 13.1 Å². The average molecular weight is 336 g/mol. The quantitative estimate of drug-likeness (QED) is 0.751. The SMILES string of the molecule is C=CCNS(=O)(=O)c1cccc(C(=O)NCC2CCCCC2)c1. The minimum atomic E-state index is -3.62. The first kappa shape index (κ1) is 17.7. The van der Waals surface area contributed by atoms with E-state index in [1.807, 2.05) is 0 Å². The number of amides is 1. The molecule has 2 N–H and O–H groups in total. The van der Waals surface area contributed by atoms with E-state index in [-0.39, 0.29) is 17.3 Å². The van der Waals surface area contributed by atoms with Crippen molar-refractivity contribution in [2.45, 2.75) is 37.0 Å². The van der Waals surface area contributed by atoms with E-state index in [2.05, 4.69) is 16.6 Å². The fraction of sp³-hybridized carbons (Fsp3) is 0.471. The third-order valence-corrected chi connectivity index (χ3v) is 5.52. The molecule has 0 spiro atoms. The Kier molecular flexibility index (Phi) is 6.36. The lowest BCUT2D eigenvalue weighted by Crippen LogP contribution is -2.30. The monoisotopic (exact) mass is 336 g/mol. The smallest absolute Gasteiger partial charge is 0.251 e. The van der Waals surface area contributed by atoms with Crippen molar-refractivity contribution in [3.05, 3.63) is 42.5 Å². The lowest BCUT2D eigenvalue weighted by atomic mass is 9.89. The molecule has 1 aliphatic rings. The highest BCUT2D eigenvalue weighted by Gasteiger charge is 2.17. The molecule has 1 fully saturated rings. The summed E-state index contributed by atoms with van der Waals surface area (Å²) in [4.78, 5) is 12.3. The Morgan fingerprint density at radius 2 is 2.00 bits per heavy atom. The van der Waals surface area contributed by atoms with Crippen molar-refractivity contribution < 1.29 is 13.2 Å². The molecule has 23 heavy (non-hydrogen) atoms. The van der Waals surface area contributed by atoms with E-state index in [1.54, 1.807) is 12.1 Å². The maximum Gasteiger partial charge on any atom is 0.251 e. The Morgan fingerprint density at radius 3 is 2.70 bits per heavy atom. The minimum Gasteiger partial charge on any atom is -0.352 e. The second kappa shape index (κ2) is 8.26. The first-order chi connectivity index (χ1) is 11.0. The van der Waals surface area contributed by atoms with Gasteiger partial charge in [-0.1, -0.05) is 31.4 Å². The van der Waals surface area contributed by atoms with Gasteiger partial charge in [0, 0.05) is 18.7 Å². The molecule has 2 rings (SSSR count). The Balaban J connectivity index is 2.00. The van der Waals surface area contributed by atoms with Crippen molar-refractivity contribution in [3.63, 3.8) is 0 Å². The first-order valence-corrected chi connectivity index (χ1v) is 9.50. The second-order valence-electron chi connectivity index (χ2n) is 5.88. The van der Waals surface area contributed by atoms with Crippen molar-refractivity contribution in [1.82, 2.24) is 10.0 Å². The van der Waals surface area contributed by atoms with E-state index < -0.39 is 10.0 Å². The summed E-state index contributed by atoms with van der Waals surface area (Å²) in [6, 6.07) is 6.09. The van der Waals surface area contributed by atoms with Gasteiger partial charge < -0.3 is 5.32 Å². The van der Waals surface area contributed by atoms with Gasteiger partial charge in [0.2, 0.25) is 10.0 Å². The molecule has 0 bridgehead atoms. The molecule has 0 radical (unpaired) electrons. The highest BCUT2D eigenvalue weighted by molar-refractivity contribution is 7.89. The van der Waals surface area contributed by atoms with Gasteiger partial charge in [0.25, 0.3) is 5.91 Å². The van der Waals surface area contributed by atoms with Crippen molar-refractivity contribution in [3.8, 4) is 0 Å². The fourth-order valence-corrected chi connectivity index (χ4v) is 3.83. The zero-order valence-corrected chi connectivity index (χ0v) is 14.1. The van der Waals surface area contributed by atoms with Gasteiger partial charge >= 0.3 is 0 Å². The fourth-order valence-electron chi connectivity index (χ4n) is 2.79. The Hall–Kier alpha value is -1.66. The molecular formula is C17H24N2O3S. The maximum absolute atomic E-state index is 12.2. The summed E-state index contributed by atoms with van der Waals surface area (Å²) in [5, 5.41) is 2.92. The van der Waals surface area contributed by atoms with Crippen LogP contribution in [-0.4, -0.2) is 27.4 Å². The van der Waals surface area contributed by atoms with E-state index in [1.165, 1.54) is 37.5 Å². The maximum atomic E-state index is 12.2. The van der Waals surface area contributed by atoms with Gasteiger partial charge in [0.05, 0.1) is 4.90 Å². The third kappa shape index (κ3) is 5.18. The summed E-state index contributed by atoms with van der Waals surface area (Å²) >= 11 is 0. The zero-order valence-electron chi connectivity index (χ0n) is 13.3. The molecule has 0 aliphatic heterocycles. The minimum absolute atomic E-state index is 0.0877. The van der Waals surface area contributed by atoms with Crippen LogP contribution in [0.1, 0.15) is 42.5 Å². The van der Waals surface area contributed by atoms with E-state index in [0.29, 0.717) is 18.0 Å². The van der Waals surface area contributed by atoms with Gasteiger partial charge in [-0.2, -0.15) is 0 Å². The molecule has 5 nitrogen and oxygen atoms in total. The van der Waals surface area contributed by atoms with Crippen molar-refractivity contribution in [2.75, 3.05) is 13.1 Å². The van der Waals surface area contributed by atoms with E-state index in [4.69, 9.17) is 0 Å². The number of sulfonamides is 1. The molecule has 6 heteroatoms. The number of carbonyl (C=O) groups is 1. The number of hydrogen-bond donors (Lipinski definition) is 2. The molecule has 0 aromatic heterocycles. The molecule has 0 heterocycles. The summed E-state index contributed by atoms with van der Waals surface area (Å²) in [6.45, 7) is 4.29. The summed E-state index contributed by atoms with van der Waals surface area (Å²) in [7, 11) is -3.62. The topological polar surface area (TPSA) is 75.3 Å². The molecule has 1 amide bonds. The van der Waals surface area contributed by atoms with Crippen molar-refractivity contribution in [2.24, 2.45) is 5.92 Å². The van der Waals surface area contributed by atoms with Crippen LogP contribution in [0.3, 0.4) is 0 Å². The lowest BCUT2D eigenvalue weighted by molar-refractivity contribution is 0.0943. The Morgan fingerprint density at radius 1 is 1.26 bits per heavy atom. The van der Waals surface area contributed by atoms with Gasteiger partial charge in [-0.15, -0.1) is 6.58 Å². The van der Waals surface area contributed by atoms with Crippen LogP contribution in [0.5, 0.6) is 0 Å². The van der Waals surface area contributed by atoms with Crippen LogP contribution in [0.4, 0.5) is 0 Å². The molecule has 1 aliphatic carbocycles. The summed E-state index contributed by atoms with van der Waals surface area (Å²) in [5.41, 5.74) is 0.363. The molecule has 1 saturated carbocycles. The Bertz CT molecular complexity index is 650. The van der Waals surface area contributed by atoms with E-state index in [9.17, 15) is 13.2 Å². The largest absolute Gasteiger partial charge is 0.352 e. The number of nitrogens with one attached hydrogen (secondary N) is 2. The molecular weight excluding hydrogens is 312 g/mol. The molecule has 1 aromatic rings. The predicted octanol–water partition coefficient (Wildman–Crippen LogP) is 2.46. The van der Waals surface area contributed by atoms with Gasteiger partial charge in [0.15, 0.2) is 0 Å². The molecule has 0 saturated heterocycles. The van der Waals surface area contributed by atoms with Crippen LogP contribution in [0, 0.1) is 5.92 Å². The standard InChI is InChI=1S/C17H24N2O3S/c1-2-11-19-23(21,22)16-10-6-9-15(12-16)17(20)18-13-14-7-4-3-5-8-14/h2,6,9-10,12,14,19H,1,3-5,7-8,11,13H2,(H,18,20). The third-order valence-electron chi connectivity index (χ3n) is 4.10. The van der Waals surface area contributed by atoms with Crippen molar-refractivity contribution in [1.29, 1.82) is 0 Å². The van der Waals surface area contributed by atoms with Crippen molar-refractivity contribution >= 4 is 15.9 Å². The van der Waals surface area contributed by atoms with Gasteiger partial charge in [-0.05, 0) is 37.0 Å². The normalized spacial score (nSPS) is 16.0. The van der Waals surface area contributed by atoms with Crippen LogP contribution in [0.2, 0.25) is 0 Å². The molecule has 0 unspecified atom stereocenters. The number of rotatable bonds is 7. The molecule has 1 aromatic carbocycles. The van der Waals surface area contributed by atoms with Crippen LogP contribution in [0.25, 0.3) is 0 Å². The first-order valence-electron chi connectivity index (χ1n) is 8.02. The van der Waals surface area contributed by atoms with Crippen LogP contribution >= 0.6 is 0 Å².